The van der Waals surface area contributed by atoms with E-state index in [0.717, 1.165) is 16.1 Å². The molecular formula is C12H12F2N2S. The number of nitrogens with one attached hydrogen (secondary N) is 1. The van der Waals surface area contributed by atoms with Gasteiger partial charge >= 0.3 is 0 Å². The summed E-state index contributed by atoms with van der Waals surface area (Å²) in [6.07, 6.45) is 1.77. The van der Waals surface area contributed by atoms with E-state index in [1.165, 1.54) is 17.4 Å². The molecule has 1 heterocycles. The summed E-state index contributed by atoms with van der Waals surface area (Å²) in [4.78, 5) is 5.26. The highest BCUT2D eigenvalue weighted by molar-refractivity contribution is 7.15. The minimum Gasteiger partial charge on any atom is -0.355 e. The summed E-state index contributed by atoms with van der Waals surface area (Å²) in [6.45, 7) is 3.84. The predicted molar refractivity (Wildman–Crippen MR) is 65.2 cm³/mol. The molecule has 17 heavy (non-hydrogen) atoms. The minimum atomic E-state index is -0.828. The summed E-state index contributed by atoms with van der Waals surface area (Å²) in [5.74, 6) is -1.66. The first kappa shape index (κ1) is 12.0. The maximum absolute atomic E-state index is 13.1. The summed E-state index contributed by atoms with van der Waals surface area (Å²) in [5.41, 5.74) is 0.691. The molecule has 1 aromatic heterocycles. The van der Waals surface area contributed by atoms with Crippen LogP contribution in [0.1, 0.15) is 23.4 Å². The van der Waals surface area contributed by atoms with Crippen molar-refractivity contribution in [2.75, 3.05) is 5.32 Å². The molecule has 1 unspecified atom stereocenters. The summed E-state index contributed by atoms with van der Waals surface area (Å²) in [5, 5.41) is 3.92. The molecule has 90 valence electrons. The number of aryl methyl sites for hydroxylation is 1. The van der Waals surface area contributed by atoms with Crippen molar-refractivity contribution in [1.29, 1.82) is 0 Å². The van der Waals surface area contributed by atoms with Crippen LogP contribution in [0, 0.1) is 18.6 Å². The Morgan fingerprint density at radius 1 is 1.29 bits per heavy atom. The summed E-state index contributed by atoms with van der Waals surface area (Å²) >= 11 is 1.53. The predicted octanol–water partition coefficient (Wildman–Crippen LogP) is 3.90. The highest BCUT2D eigenvalue weighted by atomic mass is 32.1. The molecule has 0 amide bonds. The molecule has 0 spiro atoms. The fourth-order valence-corrected chi connectivity index (χ4v) is 2.22. The van der Waals surface area contributed by atoms with Gasteiger partial charge in [-0.15, -0.1) is 11.3 Å². The van der Waals surface area contributed by atoms with Crippen molar-refractivity contribution in [2.45, 2.75) is 19.9 Å². The molecule has 0 aliphatic rings. The fraction of sp³-hybridized carbons (Fsp3) is 0.250. The van der Waals surface area contributed by atoms with E-state index in [4.69, 9.17) is 0 Å². The van der Waals surface area contributed by atoms with E-state index >= 15 is 0 Å². The lowest BCUT2D eigenvalue weighted by atomic mass is 10.1. The smallest absolute Gasteiger partial charge is 0.183 e. The van der Waals surface area contributed by atoms with Crippen molar-refractivity contribution in [3.05, 3.63) is 46.5 Å². The third-order valence-electron chi connectivity index (χ3n) is 2.40. The van der Waals surface area contributed by atoms with Gasteiger partial charge < -0.3 is 5.32 Å². The molecule has 0 radical (unpaired) electrons. The van der Waals surface area contributed by atoms with E-state index in [1.54, 1.807) is 12.3 Å². The van der Waals surface area contributed by atoms with Crippen molar-refractivity contribution < 1.29 is 8.78 Å². The maximum atomic E-state index is 13.1. The first-order chi connectivity index (χ1) is 8.06. The maximum Gasteiger partial charge on any atom is 0.183 e. The Morgan fingerprint density at radius 3 is 2.65 bits per heavy atom. The number of hydrogen-bond acceptors (Lipinski definition) is 3. The van der Waals surface area contributed by atoms with Crippen molar-refractivity contribution in [2.24, 2.45) is 0 Å². The van der Waals surface area contributed by atoms with Crippen LogP contribution in [0.5, 0.6) is 0 Å². The number of benzene rings is 1. The molecule has 0 fully saturated rings. The quantitative estimate of drug-likeness (QED) is 0.898. The highest BCUT2D eigenvalue weighted by Crippen LogP contribution is 2.23. The Morgan fingerprint density at radius 2 is 2.06 bits per heavy atom. The lowest BCUT2D eigenvalue weighted by Crippen LogP contribution is -2.06. The normalized spacial score (nSPS) is 12.5. The van der Waals surface area contributed by atoms with Crippen molar-refractivity contribution in [3.8, 4) is 0 Å². The Hall–Kier alpha value is -1.49. The molecule has 1 aromatic carbocycles. The lowest BCUT2D eigenvalue weighted by Gasteiger charge is -2.13. The lowest BCUT2D eigenvalue weighted by molar-refractivity contribution is 0.506. The van der Waals surface area contributed by atoms with Crippen LogP contribution < -0.4 is 5.32 Å². The second-order valence-corrected chi connectivity index (χ2v) is 5.05. The van der Waals surface area contributed by atoms with Crippen LogP contribution in [0.4, 0.5) is 13.9 Å². The average molecular weight is 254 g/mol. The van der Waals surface area contributed by atoms with Crippen LogP contribution in [-0.4, -0.2) is 4.98 Å². The highest BCUT2D eigenvalue weighted by Gasteiger charge is 2.10. The summed E-state index contributed by atoms with van der Waals surface area (Å²) in [7, 11) is 0. The van der Waals surface area contributed by atoms with Gasteiger partial charge in [0.05, 0.1) is 6.04 Å². The van der Waals surface area contributed by atoms with Gasteiger partial charge in [-0.1, -0.05) is 6.07 Å². The van der Waals surface area contributed by atoms with E-state index < -0.39 is 11.6 Å². The average Bonchev–Trinajstić information content (AvgIpc) is 2.68. The summed E-state index contributed by atoms with van der Waals surface area (Å²) < 4.78 is 25.9. The number of halogens is 2. The van der Waals surface area contributed by atoms with E-state index in [1.807, 2.05) is 13.8 Å². The van der Waals surface area contributed by atoms with Gasteiger partial charge in [0.2, 0.25) is 0 Å². The number of rotatable bonds is 3. The number of hydrogen-bond donors (Lipinski definition) is 1. The second kappa shape index (κ2) is 4.79. The topological polar surface area (TPSA) is 24.9 Å². The SMILES string of the molecule is Cc1cnc(NC(C)c2ccc(F)c(F)c2)s1. The molecule has 2 rings (SSSR count). The molecule has 2 aromatic rings. The first-order valence-electron chi connectivity index (χ1n) is 5.20. The molecule has 2 nitrogen and oxygen atoms in total. The molecule has 5 heteroatoms. The second-order valence-electron chi connectivity index (χ2n) is 3.82. The molecular weight excluding hydrogens is 242 g/mol. The van der Waals surface area contributed by atoms with Gasteiger partial charge in [-0.3, -0.25) is 0 Å². The number of anilines is 1. The first-order valence-corrected chi connectivity index (χ1v) is 6.02. The standard InChI is InChI=1S/C12H12F2N2S/c1-7-6-15-12(17-7)16-8(2)9-3-4-10(13)11(14)5-9/h3-6,8H,1-2H3,(H,15,16). The zero-order valence-electron chi connectivity index (χ0n) is 9.50. The third-order valence-corrected chi connectivity index (χ3v) is 3.25. The van der Waals surface area contributed by atoms with Crippen LogP contribution in [0.3, 0.4) is 0 Å². The molecule has 0 saturated heterocycles. The van der Waals surface area contributed by atoms with Crippen LogP contribution in [0.15, 0.2) is 24.4 Å². The Bertz CT molecular complexity index is 525. The molecule has 0 aliphatic carbocycles. The molecule has 0 bridgehead atoms. The third kappa shape index (κ3) is 2.79. The molecule has 0 aliphatic heterocycles. The Balaban J connectivity index is 2.14. The minimum absolute atomic E-state index is 0.115. The number of aromatic nitrogens is 1. The van der Waals surface area contributed by atoms with Crippen molar-refractivity contribution in [3.63, 3.8) is 0 Å². The van der Waals surface area contributed by atoms with E-state index in [9.17, 15) is 8.78 Å². The van der Waals surface area contributed by atoms with Gasteiger partial charge in [0.1, 0.15) is 0 Å². The fourth-order valence-electron chi connectivity index (χ4n) is 1.47. The largest absolute Gasteiger partial charge is 0.355 e. The monoisotopic (exact) mass is 254 g/mol. The van der Waals surface area contributed by atoms with Gasteiger partial charge in [0, 0.05) is 11.1 Å². The van der Waals surface area contributed by atoms with Crippen molar-refractivity contribution >= 4 is 16.5 Å². The van der Waals surface area contributed by atoms with Gasteiger partial charge in [-0.2, -0.15) is 0 Å². The van der Waals surface area contributed by atoms with E-state index in [0.29, 0.717) is 5.56 Å². The van der Waals surface area contributed by atoms with Crippen LogP contribution in [0.25, 0.3) is 0 Å². The van der Waals surface area contributed by atoms with Crippen LogP contribution in [-0.2, 0) is 0 Å². The summed E-state index contributed by atoms with van der Waals surface area (Å²) in [6, 6.07) is 3.79. The van der Waals surface area contributed by atoms with Crippen LogP contribution >= 0.6 is 11.3 Å². The van der Waals surface area contributed by atoms with Crippen LogP contribution in [0.2, 0.25) is 0 Å². The Kier molecular flexibility index (Phi) is 3.38. The van der Waals surface area contributed by atoms with Crippen molar-refractivity contribution in [1.82, 2.24) is 4.98 Å². The number of nitrogens with zero attached hydrogens (tertiary/aromatic N) is 1. The van der Waals surface area contributed by atoms with Gasteiger partial charge in [0.15, 0.2) is 16.8 Å². The Labute approximate surface area is 102 Å². The van der Waals surface area contributed by atoms with E-state index in [2.05, 4.69) is 10.3 Å². The van der Waals surface area contributed by atoms with E-state index in [-0.39, 0.29) is 6.04 Å². The van der Waals surface area contributed by atoms with Gasteiger partial charge in [-0.05, 0) is 31.5 Å². The molecule has 1 atom stereocenters. The van der Waals surface area contributed by atoms with Gasteiger partial charge in [0.25, 0.3) is 0 Å². The zero-order chi connectivity index (χ0) is 12.4. The molecule has 1 N–H and O–H groups in total. The molecule has 0 saturated carbocycles. The van der Waals surface area contributed by atoms with Gasteiger partial charge in [-0.25, -0.2) is 13.8 Å². The number of thiazole rings is 1. The zero-order valence-corrected chi connectivity index (χ0v) is 10.3.